The highest BCUT2D eigenvalue weighted by Gasteiger charge is 1.95. The third-order valence-corrected chi connectivity index (χ3v) is 1.08. The Morgan fingerprint density at radius 3 is 1.73 bits per heavy atom. The lowest BCUT2D eigenvalue weighted by Gasteiger charge is -2.05. The van der Waals surface area contributed by atoms with E-state index in [-0.39, 0.29) is 0 Å². The summed E-state index contributed by atoms with van der Waals surface area (Å²) in [5.74, 6) is 0.707. The molecular formula is C4H11Br2NO3P+. The number of hydrogen-bond acceptors (Lipinski definition) is 2. The van der Waals surface area contributed by atoms with Gasteiger partial charge in [-0.25, -0.2) is 0 Å². The molecule has 0 aliphatic heterocycles. The van der Waals surface area contributed by atoms with Gasteiger partial charge in [-0.3, -0.25) is 0 Å². The summed E-state index contributed by atoms with van der Waals surface area (Å²) in [6.07, 6.45) is 0. The second-order valence-corrected chi connectivity index (χ2v) is 5.30. The second-order valence-electron chi connectivity index (χ2n) is 2.13. The average Bonchev–Trinajstić information content (AvgIpc) is 1.56. The molecule has 0 saturated carbocycles. The van der Waals surface area contributed by atoms with E-state index in [0.29, 0.717) is 5.92 Å². The topological polar surface area (TPSA) is 60.8 Å². The van der Waals surface area contributed by atoms with Crippen LogP contribution >= 0.6 is 40.5 Å². The molecule has 11 heavy (non-hydrogen) atoms. The molecule has 0 rings (SSSR count). The van der Waals surface area contributed by atoms with Crippen LogP contribution in [-0.4, -0.2) is 19.3 Å². The van der Waals surface area contributed by atoms with E-state index in [1.54, 1.807) is 0 Å². The van der Waals surface area contributed by atoms with Gasteiger partial charge in [0.1, 0.15) is 0 Å². The molecule has 0 aromatic heterocycles. The third-order valence-electron chi connectivity index (χ3n) is 0.503. The molecule has 0 fully saturated rings. The fourth-order valence-electron chi connectivity index (χ4n) is 0.276. The molecule has 7 heteroatoms. The predicted octanol–water partition coefficient (Wildman–Crippen LogP) is 2.19. The van der Waals surface area contributed by atoms with Crippen LogP contribution in [0.1, 0.15) is 13.8 Å². The fourth-order valence-corrected chi connectivity index (χ4v) is 1.43. The van der Waals surface area contributed by atoms with Gasteiger partial charge in [0.05, 0.1) is 0 Å². The van der Waals surface area contributed by atoms with Gasteiger partial charge in [0.15, 0.2) is 0 Å². The molecule has 0 bridgehead atoms. The Morgan fingerprint density at radius 2 is 1.73 bits per heavy atom. The summed E-state index contributed by atoms with van der Waals surface area (Å²) < 4.78 is 10.5. The Hall–Kier alpha value is 0.940. The SMILES string of the molecule is CC(C)CN(Br)Br.O=[P+](O)O. The molecule has 0 radical (unpaired) electrons. The van der Waals surface area contributed by atoms with Gasteiger partial charge in [0.25, 0.3) is 0 Å². The van der Waals surface area contributed by atoms with E-state index in [2.05, 4.69) is 46.1 Å². The van der Waals surface area contributed by atoms with Crippen molar-refractivity contribution >= 4 is 40.5 Å². The maximum absolute atomic E-state index is 8.70. The van der Waals surface area contributed by atoms with Crippen LogP contribution in [0.4, 0.5) is 0 Å². The lowest BCUT2D eigenvalue weighted by Crippen LogP contribution is -2.05. The van der Waals surface area contributed by atoms with Crippen LogP contribution in [0.3, 0.4) is 0 Å². The standard InChI is InChI=1S/C4H9Br2N.HO3P/c1-4(2)3-7(5)6;1-4(2)3/h4H,3H2,1-2H3;(H-,1,2,3)/p+1. The van der Waals surface area contributed by atoms with Gasteiger partial charge in [0.2, 0.25) is 0 Å². The van der Waals surface area contributed by atoms with Crippen molar-refractivity contribution in [3.8, 4) is 0 Å². The molecule has 0 aliphatic rings. The van der Waals surface area contributed by atoms with Crippen molar-refractivity contribution in [3.05, 3.63) is 0 Å². The van der Waals surface area contributed by atoms with Gasteiger partial charge in [-0.1, -0.05) is 13.8 Å². The Morgan fingerprint density at radius 1 is 1.45 bits per heavy atom. The van der Waals surface area contributed by atoms with E-state index >= 15 is 0 Å². The first-order valence-electron chi connectivity index (χ1n) is 2.80. The van der Waals surface area contributed by atoms with Crippen LogP contribution in [0.25, 0.3) is 0 Å². The van der Waals surface area contributed by atoms with Crippen molar-refractivity contribution < 1.29 is 14.4 Å². The van der Waals surface area contributed by atoms with E-state index in [0.717, 1.165) is 6.54 Å². The van der Waals surface area contributed by atoms with Gasteiger partial charge in [-0.15, -0.1) is 9.79 Å². The summed E-state index contributed by atoms with van der Waals surface area (Å²) in [6, 6.07) is 0. The van der Waals surface area contributed by atoms with Crippen molar-refractivity contribution in [2.75, 3.05) is 6.54 Å². The van der Waals surface area contributed by atoms with Gasteiger partial charge < -0.3 is 0 Å². The quantitative estimate of drug-likeness (QED) is 0.606. The van der Waals surface area contributed by atoms with Crippen molar-refractivity contribution in [1.29, 1.82) is 0 Å². The molecule has 0 spiro atoms. The lowest BCUT2D eigenvalue weighted by molar-refractivity contribution is 0.405. The number of halogens is 2. The number of nitrogens with zero attached hydrogens (tertiary/aromatic N) is 1. The van der Waals surface area contributed by atoms with Gasteiger partial charge in [-0.2, -0.15) is 2.95 Å². The molecule has 0 aromatic carbocycles. The summed E-state index contributed by atoms with van der Waals surface area (Å²) in [4.78, 5) is 14.2. The highest BCUT2D eigenvalue weighted by Crippen LogP contribution is 2.08. The molecule has 0 atom stereocenters. The van der Waals surface area contributed by atoms with Crippen molar-refractivity contribution in [2.24, 2.45) is 5.92 Å². The molecule has 0 unspecified atom stereocenters. The molecule has 2 N–H and O–H groups in total. The van der Waals surface area contributed by atoms with Crippen molar-refractivity contribution in [3.63, 3.8) is 0 Å². The summed E-state index contributed by atoms with van der Waals surface area (Å²) in [6.45, 7) is 5.35. The average molecular weight is 312 g/mol. The first-order valence-corrected chi connectivity index (χ1v) is 5.38. The van der Waals surface area contributed by atoms with E-state index in [9.17, 15) is 0 Å². The monoisotopic (exact) mass is 310 g/mol. The van der Waals surface area contributed by atoms with Crippen LogP contribution in [0.2, 0.25) is 0 Å². The maximum Gasteiger partial charge on any atom is 0.692 e. The van der Waals surface area contributed by atoms with Crippen LogP contribution in [0, 0.1) is 5.92 Å². The first kappa shape index (κ1) is 14.5. The Balaban J connectivity index is 0. The molecular weight excluding hydrogens is 301 g/mol. The largest absolute Gasteiger partial charge is 0.692 e. The van der Waals surface area contributed by atoms with Crippen molar-refractivity contribution in [2.45, 2.75) is 13.8 Å². The van der Waals surface area contributed by atoms with Crippen LogP contribution in [0.15, 0.2) is 0 Å². The number of rotatable bonds is 2. The Bertz CT molecular complexity index is 102. The molecule has 0 heterocycles. The number of hydrogen-bond donors (Lipinski definition) is 2. The summed E-state index contributed by atoms with van der Waals surface area (Å²) >= 11 is 6.45. The third kappa shape index (κ3) is 35.8. The molecule has 0 aromatic rings. The minimum atomic E-state index is -2.87. The highest BCUT2D eigenvalue weighted by molar-refractivity contribution is 9.21. The second kappa shape index (κ2) is 9.03. The predicted molar refractivity (Wildman–Crippen MR) is 51.4 cm³/mol. The van der Waals surface area contributed by atoms with E-state index in [1.165, 1.54) is 0 Å². The lowest BCUT2D eigenvalue weighted by atomic mass is 10.2. The van der Waals surface area contributed by atoms with Gasteiger partial charge in [-0.05, 0) is 5.92 Å². The van der Waals surface area contributed by atoms with Gasteiger partial charge in [0, 0.05) is 43.4 Å². The van der Waals surface area contributed by atoms with Gasteiger partial charge >= 0.3 is 8.25 Å². The Labute approximate surface area is 84.2 Å². The van der Waals surface area contributed by atoms with Crippen LogP contribution < -0.4 is 0 Å². The van der Waals surface area contributed by atoms with Crippen LogP contribution in [0.5, 0.6) is 0 Å². The zero-order chi connectivity index (χ0) is 9.44. The normalized spacial score (nSPS) is 9.45. The molecule has 4 nitrogen and oxygen atoms in total. The van der Waals surface area contributed by atoms with Crippen LogP contribution in [-0.2, 0) is 4.57 Å². The fraction of sp³-hybridized carbons (Fsp3) is 1.00. The van der Waals surface area contributed by atoms with E-state index in [4.69, 9.17) is 14.4 Å². The molecule has 0 saturated heterocycles. The summed E-state index contributed by atoms with van der Waals surface area (Å²) in [5, 5.41) is 0. The van der Waals surface area contributed by atoms with Crippen molar-refractivity contribution in [1.82, 2.24) is 2.95 Å². The first-order chi connectivity index (χ1) is 4.86. The molecule has 0 aliphatic carbocycles. The Kier molecular flexibility index (Phi) is 11.9. The maximum atomic E-state index is 8.70. The zero-order valence-electron chi connectivity index (χ0n) is 6.24. The summed E-state index contributed by atoms with van der Waals surface area (Å²) in [5.41, 5.74) is 0. The minimum Gasteiger partial charge on any atom is -0.177 e. The highest BCUT2D eigenvalue weighted by atomic mass is 79.9. The molecule has 68 valence electrons. The minimum absolute atomic E-state index is 0.707. The van der Waals surface area contributed by atoms with E-state index < -0.39 is 8.25 Å². The summed E-state index contributed by atoms with van der Waals surface area (Å²) in [7, 11) is -2.87. The van der Waals surface area contributed by atoms with E-state index in [1.807, 2.05) is 2.95 Å². The zero-order valence-corrected chi connectivity index (χ0v) is 10.3. The smallest absolute Gasteiger partial charge is 0.177 e. The molecule has 0 amide bonds.